The van der Waals surface area contributed by atoms with Crippen molar-refractivity contribution in [1.29, 1.82) is 0 Å². The van der Waals surface area contributed by atoms with Crippen LogP contribution in [0.15, 0.2) is 24.3 Å². The molecule has 106 valence electrons. The van der Waals surface area contributed by atoms with Gasteiger partial charge in [-0.2, -0.15) is 0 Å². The predicted octanol–water partition coefficient (Wildman–Crippen LogP) is 3.98. The molecule has 2 aromatic rings. The van der Waals surface area contributed by atoms with E-state index in [0.29, 0.717) is 11.3 Å². The summed E-state index contributed by atoms with van der Waals surface area (Å²) in [6.45, 7) is 6.80. The first-order valence-corrected chi connectivity index (χ1v) is 7.03. The number of hydrogen-bond acceptors (Lipinski definition) is 3. The Balaban J connectivity index is 2.59. The van der Waals surface area contributed by atoms with Crippen molar-refractivity contribution in [3.8, 4) is 11.3 Å². The Morgan fingerprint density at radius 1 is 1.15 bits per heavy atom. The summed E-state index contributed by atoms with van der Waals surface area (Å²) >= 11 is 0. The molecule has 0 bridgehead atoms. The second kappa shape index (κ2) is 6.46. The fourth-order valence-corrected chi connectivity index (χ4v) is 2.15. The second-order valence-corrected chi connectivity index (χ2v) is 4.72. The number of anilines is 1. The maximum Gasteiger partial charge on any atom is 0.133 e. The number of halogens is 1. The summed E-state index contributed by atoms with van der Waals surface area (Å²) in [6, 6.07) is 6.74. The number of aryl methyl sites for hydroxylation is 1. The van der Waals surface area contributed by atoms with Gasteiger partial charge in [0.15, 0.2) is 0 Å². The lowest BCUT2D eigenvalue weighted by Crippen LogP contribution is -2.08. The Bertz CT molecular complexity index is 596. The molecule has 0 aliphatic heterocycles. The first-order chi connectivity index (χ1) is 9.67. The summed E-state index contributed by atoms with van der Waals surface area (Å²) in [6.07, 6.45) is 1.76. The number of hydrogen-bond donors (Lipinski definition) is 1. The maximum atomic E-state index is 14.0. The third-order valence-corrected chi connectivity index (χ3v) is 3.14. The van der Waals surface area contributed by atoms with Crippen molar-refractivity contribution in [2.75, 3.05) is 11.9 Å². The minimum absolute atomic E-state index is 0.251. The molecule has 0 spiro atoms. The van der Waals surface area contributed by atoms with E-state index in [1.807, 2.05) is 19.9 Å². The van der Waals surface area contributed by atoms with Gasteiger partial charge in [0, 0.05) is 24.1 Å². The van der Waals surface area contributed by atoms with Crippen LogP contribution in [0.25, 0.3) is 11.3 Å². The van der Waals surface area contributed by atoms with Crippen molar-refractivity contribution < 1.29 is 4.39 Å². The third kappa shape index (κ3) is 2.95. The Morgan fingerprint density at radius 2 is 1.90 bits per heavy atom. The van der Waals surface area contributed by atoms with Crippen LogP contribution in [0.4, 0.5) is 10.2 Å². The van der Waals surface area contributed by atoms with Crippen LogP contribution in [-0.4, -0.2) is 16.5 Å². The van der Waals surface area contributed by atoms with Gasteiger partial charge in [-0.3, -0.25) is 0 Å². The van der Waals surface area contributed by atoms with Gasteiger partial charge in [-0.15, -0.1) is 0 Å². The molecule has 3 nitrogen and oxygen atoms in total. The molecule has 0 saturated heterocycles. The van der Waals surface area contributed by atoms with Crippen LogP contribution in [0.5, 0.6) is 0 Å². The van der Waals surface area contributed by atoms with E-state index < -0.39 is 0 Å². The topological polar surface area (TPSA) is 37.8 Å². The molecule has 0 amide bonds. The summed E-state index contributed by atoms with van der Waals surface area (Å²) in [7, 11) is 0. The molecule has 1 heterocycles. The van der Waals surface area contributed by atoms with E-state index in [9.17, 15) is 4.39 Å². The van der Waals surface area contributed by atoms with Crippen molar-refractivity contribution in [2.45, 2.75) is 33.6 Å². The number of aromatic nitrogens is 2. The van der Waals surface area contributed by atoms with Gasteiger partial charge in [-0.1, -0.05) is 19.1 Å². The number of nitrogens with one attached hydrogen (secondary N) is 1. The van der Waals surface area contributed by atoms with E-state index in [-0.39, 0.29) is 5.82 Å². The van der Waals surface area contributed by atoms with Gasteiger partial charge < -0.3 is 5.32 Å². The Hall–Kier alpha value is -1.97. The highest BCUT2D eigenvalue weighted by atomic mass is 19.1. The highest BCUT2D eigenvalue weighted by Crippen LogP contribution is 2.28. The van der Waals surface area contributed by atoms with Crippen molar-refractivity contribution in [3.05, 3.63) is 41.5 Å². The van der Waals surface area contributed by atoms with Gasteiger partial charge in [0.05, 0.1) is 5.69 Å². The lowest BCUT2D eigenvalue weighted by Gasteiger charge is -2.13. The average Bonchev–Trinajstić information content (AvgIpc) is 2.44. The van der Waals surface area contributed by atoms with Gasteiger partial charge >= 0.3 is 0 Å². The zero-order chi connectivity index (χ0) is 14.5. The lowest BCUT2D eigenvalue weighted by atomic mass is 10.1. The van der Waals surface area contributed by atoms with E-state index in [1.165, 1.54) is 6.07 Å². The fourth-order valence-electron chi connectivity index (χ4n) is 2.15. The van der Waals surface area contributed by atoms with E-state index in [2.05, 4.69) is 22.2 Å². The molecular weight excluding hydrogens is 253 g/mol. The summed E-state index contributed by atoms with van der Waals surface area (Å²) in [5.74, 6) is 1.30. The van der Waals surface area contributed by atoms with Gasteiger partial charge in [0.1, 0.15) is 17.5 Å². The van der Waals surface area contributed by atoms with Crippen LogP contribution in [-0.2, 0) is 6.42 Å². The van der Waals surface area contributed by atoms with Crippen LogP contribution in [0, 0.1) is 12.7 Å². The summed E-state index contributed by atoms with van der Waals surface area (Å²) < 4.78 is 14.0. The molecule has 0 saturated carbocycles. The predicted molar refractivity (Wildman–Crippen MR) is 80.3 cm³/mol. The largest absolute Gasteiger partial charge is 0.370 e. The third-order valence-electron chi connectivity index (χ3n) is 3.14. The monoisotopic (exact) mass is 273 g/mol. The molecule has 2 rings (SSSR count). The van der Waals surface area contributed by atoms with Gasteiger partial charge in [-0.25, -0.2) is 14.4 Å². The summed E-state index contributed by atoms with van der Waals surface area (Å²) in [5, 5.41) is 3.23. The van der Waals surface area contributed by atoms with Gasteiger partial charge in [0.2, 0.25) is 0 Å². The van der Waals surface area contributed by atoms with Gasteiger partial charge in [-0.05, 0) is 32.4 Å². The molecular formula is C16H20FN3. The van der Waals surface area contributed by atoms with E-state index >= 15 is 0 Å². The number of benzene rings is 1. The van der Waals surface area contributed by atoms with Crippen molar-refractivity contribution in [2.24, 2.45) is 0 Å². The smallest absolute Gasteiger partial charge is 0.133 e. The quantitative estimate of drug-likeness (QED) is 0.895. The SMILES string of the molecule is CCCc1nc(NCC)c(C)c(-c2ccccc2F)n1. The summed E-state index contributed by atoms with van der Waals surface area (Å²) in [4.78, 5) is 9.07. The molecule has 0 aliphatic rings. The Labute approximate surface area is 119 Å². The molecule has 0 radical (unpaired) electrons. The number of nitrogens with zero attached hydrogens (tertiary/aromatic N) is 2. The molecule has 20 heavy (non-hydrogen) atoms. The molecule has 1 aromatic heterocycles. The standard InChI is InChI=1S/C16H20FN3/c1-4-8-14-19-15(11(3)16(20-14)18-5-2)12-9-6-7-10-13(12)17/h6-7,9-10H,4-5,8H2,1-3H3,(H,18,19,20). The van der Waals surface area contributed by atoms with Crippen LogP contribution in [0.1, 0.15) is 31.7 Å². The van der Waals surface area contributed by atoms with Crippen molar-refractivity contribution >= 4 is 5.82 Å². The zero-order valence-corrected chi connectivity index (χ0v) is 12.2. The Morgan fingerprint density at radius 3 is 2.55 bits per heavy atom. The lowest BCUT2D eigenvalue weighted by molar-refractivity contribution is 0.630. The molecule has 1 N–H and O–H groups in total. The first kappa shape index (κ1) is 14.4. The van der Waals surface area contributed by atoms with Crippen LogP contribution < -0.4 is 5.32 Å². The highest BCUT2D eigenvalue weighted by molar-refractivity contribution is 5.68. The summed E-state index contributed by atoms with van der Waals surface area (Å²) in [5.41, 5.74) is 2.10. The van der Waals surface area contributed by atoms with Crippen LogP contribution in [0.2, 0.25) is 0 Å². The molecule has 0 aliphatic carbocycles. The highest BCUT2D eigenvalue weighted by Gasteiger charge is 2.14. The van der Waals surface area contributed by atoms with E-state index in [0.717, 1.165) is 36.6 Å². The van der Waals surface area contributed by atoms with Crippen LogP contribution in [0.3, 0.4) is 0 Å². The Kier molecular flexibility index (Phi) is 4.66. The van der Waals surface area contributed by atoms with Crippen molar-refractivity contribution in [3.63, 3.8) is 0 Å². The molecule has 0 atom stereocenters. The molecule has 0 fully saturated rings. The van der Waals surface area contributed by atoms with E-state index in [1.54, 1.807) is 12.1 Å². The zero-order valence-electron chi connectivity index (χ0n) is 12.2. The maximum absolute atomic E-state index is 14.0. The minimum Gasteiger partial charge on any atom is -0.370 e. The normalized spacial score (nSPS) is 10.6. The molecule has 4 heteroatoms. The average molecular weight is 273 g/mol. The minimum atomic E-state index is -0.251. The fraction of sp³-hybridized carbons (Fsp3) is 0.375. The second-order valence-electron chi connectivity index (χ2n) is 4.72. The molecule has 0 unspecified atom stereocenters. The van der Waals surface area contributed by atoms with Crippen LogP contribution >= 0.6 is 0 Å². The van der Waals surface area contributed by atoms with Crippen molar-refractivity contribution in [1.82, 2.24) is 9.97 Å². The molecule has 1 aromatic carbocycles. The van der Waals surface area contributed by atoms with Gasteiger partial charge in [0.25, 0.3) is 0 Å². The first-order valence-electron chi connectivity index (χ1n) is 7.03. The number of rotatable bonds is 5. The van der Waals surface area contributed by atoms with E-state index in [4.69, 9.17) is 0 Å².